The zero-order chi connectivity index (χ0) is 17.3. The zero-order valence-corrected chi connectivity index (χ0v) is 14.2. The fourth-order valence-electron chi connectivity index (χ4n) is 4.17. The maximum absolute atomic E-state index is 13.1. The Kier molecular flexibility index (Phi) is 4.31. The van der Waals surface area contributed by atoms with Crippen molar-refractivity contribution in [3.05, 3.63) is 42.2 Å². The van der Waals surface area contributed by atoms with Crippen LogP contribution >= 0.6 is 0 Å². The highest BCUT2D eigenvalue weighted by molar-refractivity contribution is 5.95. The van der Waals surface area contributed by atoms with Gasteiger partial charge in [0.25, 0.3) is 5.91 Å². The molecule has 1 spiro atoms. The number of piperidine rings is 2. The smallest absolute Gasteiger partial charge is 0.253 e. The first-order valence-electron chi connectivity index (χ1n) is 8.95. The number of amides is 1. The maximum Gasteiger partial charge on any atom is 0.253 e. The van der Waals surface area contributed by atoms with E-state index in [1.807, 2.05) is 35.4 Å². The number of aromatic nitrogens is 2. The summed E-state index contributed by atoms with van der Waals surface area (Å²) in [6.07, 6.45) is 5.92. The molecule has 3 N–H and O–H groups in total. The van der Waals surface area contributed by atoms with Gasteiger partial charge in [0, 0.05) is 42.4 Å². The normalized spacial score (nSPS) is 26.8. The number of aliphatic hydroxyl groups excluding tert-OH is 1. The van der Waals surface area contributed by atoms with Gasteiger partial charge in [-0.05, 0) is 43.5 Å². The molecule has 6 heteroatoms. The van der Waals surface area contributed by atoms with Crippen LogP contribution in [0.15, 0.2) is 36.7 Å². The number of carbonyl (C=O) groups excluding carboxylic acids is 1. The van der Waals surface area contributed by atoms with E-state index in [1.54, 1.807) is 6.20 Å². The van der Waals surface area contributed by atoms with Gasteiger partial charge >= 0.3 is 0 Å². The molecule has 4 rings (SSSR count). The van der Waals surface area contributed by atoms with Crippen molar-refractivity contribution in [2.45, 2.75) is 25.4 Å². The van der Waals surface area contributed by atoms with Gasteiger partial charge in [-0.25, -0.2) is 0 Å². The van der Waals surface area contributed by atoms with Crippen molar-refractivity contribution >= 4 is 5.91 Å². The Morgan fingerprint density at radius 1 is 1.36 bits per heavy atom. The van der Waals surface area contributed by atoms with Gasteiger partial charge in [0.2, 0.25) is 0 Å². The minimum atomic E-state index is -0.332. The number of hydrogen-bond donors (Lipinski definition) is 3. The fourth-order valence-corrected chi connectivity index (χ4v) is 4.17. The van der Waals surface area contributed by atoms with Crippen LogP contribution in [0.1, 0.15) is 29.6 Å². The van der Waals surface area contributed by atoms with Crippen molar-refractivity contribution in [2.75, 3.05) is 26.2 Å². The summed E-state index contributed by atoms with van der Waals surface area (Å²) >= 11 is 0. The van der Waals surface area contributed by atoms with E-state index in [0.717, 1.165) is 50.0 Å². The summed E-state index contributed by atoms with van der Waals surface area (Å²) in [7, 11) is 0. The third-order valence-corrected chi connectivity index (χ3v) is 5.62. The van der Waals surface area contributed by atoms with Gasteiger partial charge in [-0.2, -0.15) is 5.10 Å². The molecule has 0 radical (unpaired) electrons. The molecule has 2 atom stereocenters. The van der Waals surface area contributed by atoms with Gasteiger partial charge in [-0.15, -0.1) is 0 Å². The van der Waals surface area contributed by atoms with Crippen molar-refractivity contribution in [3.63, 3.8) is 0 Å². The highest BCUT2D eigenvalue weighted by Crippen LogP contribution is 2.36. The third-order valence-electron chi connectivity index (χ3n) is 5.62. The number of benzene rings is 1. The molecule has 0 unspecified atom stereocenters. The van der Waals surface area contributed by atoms with E-state index >= 15 is 0 Å². The number of H-pyrrole nitrogens is 1. The van der Waals surface area contributed by atoms with Crippen molar-refractivity contribution in [3.8, 4) is 11.1 Å². The molecule has 1 aromatic carbocycles. The molecule has 2 aliphatic heterocycles. The first-order chi connectivity index (χ1) is 12.2. The molecular formula is C19H24N4O2. The van der Waals surface area contributed by atoms with E-state index < -0.39 is 0 Å². The lowest BCUT2D eigenvalue weighted by Crippen LogP contribution is -2.58. The Hall–Kier alpha value is -2.18. The van der Waals surface area contributed by atoms with E-state index in [9.17, 15) is 9.90 Å². The molecule has 2 fully saturated rings. The quantitative estimate of drug-likeness (QED) is 0.776. The highest BCUT2D eigenvalue weighted by atomic mass is 16.3. The Morgan fingerprint density at radius 3 is 3.08 bits per heavy atom. The average Bonchev–Trinajstić information content (AvgIpc) is 3.19. The van der Waals surface area contributed by atoms with Crippen molar-refractivity contribution in [1.82, 2.24) is 20.4 Å². The van der Waals surface area contributed by atoms with Crippen molar-refractivity contribution in [1.29, 1.82) is 0 Å². The van der Waals surface area contributed by atoms with Crippen LogP contribution < -0.4 is 5.32 Å². The lowest BCUT2D eigenvalue weighted by molar-refractivity contribution is -0.0433. The Bertz CT molecular complexity index is 742. The number of nitrogens with one attached hydrogen (secondary N) is 2. The van der Waals surface area contributed by atoms with Crippen LogP contribution in [0.3, 0.4) is 0 Å². The first kappa shape index (κ1) is 16.3. The largest absolute Gasteiger partial charge is 0.392 e. The lowest BCUT2D eigenvalue weighted by Gasteiger charge is -2.48. The van der Waals surface area contributed by atoms with Crippen LogP contribution in [0.5, 0.6) is 0 Å². The van der Waals surface area contributed by atoms with Gasteiger partial charge < -0.3 is 15.3 Å². The molecule has 132 valence electrons. The third kappa shape index (κ3) is 3.07. The first-order valence-corrected chi connectivity index (χ1v) is 8.95. The summed E-state index contributed by atoms with van der Waals surface area (Å²) in [5.41, 5.74) is 2.44. The molecule has 0 saturated carbocycles. The molecule has 3 heterocycles. The molecule has 1 amide bonds. The van der Waals surface area contributed by atoms with Crippen LogP contribution in [0.4, 0.5) is 0 Å². The van der Waals surface area contributed by atoms with Crippen molar-refractivity contribution in [2.24, 2.45) is 5.41 Å². The van der Waals surface area contributed by atoms with Crippen molar-refractivity contribution < 1.29 is 9.90 Å². The van der Waals surface area contributed by atoms with Crippen LogP contribution in [-0.4, -0.2) is 58.4 Å². The van der Waals surface area contributed by atoms with E-state index in [0.29, 0.717) is 12.1 Å². The maximum atomic E-state index is 13.1. The van der Waals surface area contributed by atoms with E-state index in [1.165, 1.54) is 0 Å². The van der Waals surface area contributed by atoms with Crippen LogP contribution in [0, 0.1) is 5.41 Å². The zero-order valence-electron chi connectivity index (χ0n) is 14.2. The monoisotopic (exact) mass is 340 g/mol. The molecule has 25 heavy (non-hydrogen) atoms. The summed E-state index contributed by atoms with van der Waals surface area (Å²) in [6.45, 7) is 3.01. The molecule has 2 aromatic rings. The van der Waals surface area contributed by atoms with Crippen LogP contribution in [0.2, 0.25) is 0 Å². The number of carbonyl (C=O) groups is 1. The molecule has 6 nitrogen and oxygen atoms in total. The van der Waals surface area contributed by atoms with Crippen LogP contribution in [-0.2, 0) is 0 Å². The number of hydrogen-bond acceptors (Lipinski definition) is 4. The lowest BCUT2D eigenvalue weighted by atomic mass is 9.72. The topological polar surface area (TPSA) is 81.2 Å². The summed E-state index contributed by atoms with van der Waals surface area (Å²) in [6, 6.07) is 7.67. The summed E-state index contributed by atoms with van der Waals surface area (Å²) < 4.78 is 0. The fraction of sp³-hybridized carbons (Fsp3) is 0.474. The van der Waals surface area contributed by atoms with Gasteiger partial charge in [0.15, 0.2) is 0 Å². The Labute approximate surface area is 147 Å². The molecule has 2 saturated heterocycles. The Morgan fingerprint density at radius 2 is 2.28 bits per heavy atom. The SMILES string of the molecule is O=C(c1cccc(-c2cn[nH]c2)c1)N1CCC[C@]2(CNCC[C@@H]2O)C1. The summed E-state index contributed by atoms with van der Waals surface area (Å²) in [4.78, 5) is 15.0. The summed E-state index contributed by atoms with van der Waals surface area (Å²) in [5.74, 6) is 0.0437. The number of rotatable bonds is 2. The van der Waals surface area contributed by atoms with Crippen LogP contribution in [0.25, 0.3) is 11.1 Å². The number of nitrogens with zero attached hydrogens (tertiary/aromatic N) is 2. The number of likely N-dealkylation sites (tertiary alicyclic amines) is 1. The molecule has 0 bridgehead atoms. The predicted octanol–water partition coefficient (Wildman–Crippen LogP) is 1.65. The predicted molar refractivity (Wildman–Crippen MR) is 95.1 cm³/mol. The second-order valence-electron chi connectivity index (χ2n) is 7.24. The van der Waals surface area contributed by atoms with Gasteiger partial charge in [0.1, 0.15) is 0 Å². The Balaban J connectivity index is 1.55. The second-order valence-corrected chi connectivity index (χ2v) is 7.24. The van der Waals surface area contributed by atoms with Gasteiger partial charge in [-0.1, -0.05) is 12.1 Å². The molecule has 2 aliphatic rings. The van der Waals surface area contributed by atoms with Gasteiger partial charge in [-0.3, -0.25) is 9.89 Å². The minimum Gasteiger partial charge on any atom is -0.392 e. The second kappa shape index (κ2) is 6.61. The summed E-state index contributed by atoms with van der Waals surface area (Å²) in [5, 5.41) is 20.7. The number of aliphatic hydroxyl groups is 1. The molecule has 1 aromatic heterocycles. The van der Waals surface area contributed by atoms with E-state index in [4.69, 9.17) is 0 Å². The average molecular weight is 340 g/mol. The van der Waals surface area contributed by atoms with Gasteiger partial charge in [0.05, 0.1) is 12.3 Å². The van der Waals surface area contributed by atoms with E-state index in [-0.39, 0.29) is 17.4 Å². The highest BCUT2D eigenvalue weighted by Gasteiger charge is 2.44. The number of aromatic amines is 1. The minimum absolute atomic E-state index is 0.0437. The molecule has 0 aliphatic carbocycles. The molecular weight excluding hydrogens is 316 g/mol. The standard InChI is InChI=1S/C19H24N4O2/c24-17-5-7-20-12-19(17)6-2-8-23(13-19)18(25)15-4-1-3-14(9-15)16-10-21-22-11-16/h1,3-4,9-11,17,20,24H,2,5-8,12-13H2,(H,21,22)/t17-,19-/m0/s1. The van der Waals surface area contributed by atoms with E-state index in [2.05, 4.69) is 15.5 Å².